The van der Waals surface area contributed by atoms with E-state index in [0.717, 1.165) is 0 Å². The Balaban J connectivity index is 1.19. The number of aromatic amines is 1. The van der Waals surface area contributed by atoms with Gasteiger partial charge < -0.3 is 25.1 Å². The summed E-state index contributed by atoms with van der Waals surface area (Å²) in [6.45, 7) is -7.25. The molecule has 4 aromatic rings. The number of nitrogens with zero attached hydrogens (tertiary/aromatic N) is 7. The number of nitrogens with one attached hydrogen (secondary N) is 1. The van der Waals surface area contributed by atoms with Gasteiger partial charge >= 0.3 is 13.6 Å². The average molecular weight is 662 g/mol. The van der Waals surface area contributed by atoms with Crippen molar-refractivity contribution in [2.75, 3.05) is 12.3 Å². The molecule has 6 rings (SSSR count). The molecular formula is C20H25N9O9P2S2. The van der Waals surface area contributed by atoms with Crippen LogP contribution >= 0.6 is 38.1 Å². The number of hydrogen-bond acceptors (Lipinski definition) is 14. The van der Waals surface area contributed by atoms with Gasteiger partial charge in [-0.3, -0.25) is 27.5 Å². The summed E-state index contributed by atoms with van der Waals surface area (Å²) >= 11 is 7.74. The highest BCUT2D eigenvalue weighted by Gasteiger charge is 2.51. The predicted octanol–water partition coefficient (Wildman–Crippen LogP) is 2.34. The largest absolute Gasteiger partial charge is 0.388 e. The van der Waals surface area contributed by atoms with Gasteiger partial charge in [0.2, 0.25) is 0 Å². The molecule has 2 aliphatic rings. The number of fused-ring (bicyclic) bond motifs is 2. The average Bonchev–Trinajstić information content (AvgIpc) is 3.69. The van der Waals surface area contributed by atoms with Crippen LogP contribution in [-0.2, 0) is 32.2 Å². The number of imidazole rings is 2. The topological polar surface area (TPSA) is 234 Å². The van der Waals surface area contributed by atoms with Crippen molar-refractivity contribution >= 4 is 66.2 Å². The van der Waals surface area contributed by atoms with Gasteiger partial charge in [0.05, 0.1) is 25.6 Å². The summed E-state index contributed by atoms with van der Waals surface area (Å²) in [7, 11) is 0. The van der Waals surface area contributed by atoms with Crippen molar-refractivity contribution in [2.24, 2.45) is 0 Å². The lowest BCUT2D eigenvalue weighted by molar-refractivity contribution is -0.118. The maximum atomic E-state index is 13.5. The summed E-state index contributed by atoms with van der Waals surface area (Å²) in [5.74, 6) is 0.168. The minimum atomic E-state index is -4.21. The number of rotatable bonds is 9. The first-order valence-electron chi connectivity index (χ1n) is 12.4. The first-order chi connectivity index (χ1) is 19.8. The van der Waals surface area contributed by atoms with Gasteiger partial charge in [-0.1, -0.05) is 24.5 Å². The summed E-state index contributed by atoms with van der Waals surface area (Å²) in [6.07, 6.45) is 2.85. The van der Waals surface area contributed by atoms with E-state index >= 15 is 0 Å². The molecule has 42 heavy (non-hydrogen) atoms. The smallest absolute Gasteiger partial charge is 0.382 e. The molecule has 2 aliphatic heterocycles. The molecule has 2 fully saturated rings. The summed E-state index contributed by atoms with van der Waals surface area (Å²) in [4.78, 5) is 44.7. The minimum absolute atomic E-state index is 0.0703. The van der Waals surface area contributed by atoms with Gasteiger partial charge in [0.15, 0.2) is 28.9 Å². The van der Waals surface area contributed by atoms with Gasteiger partial charge in [-0.2, -0.15) is 0 Å². The second-order valence-electron chi connectivity index (χ2n) is 9.79. The Kier molecular flexibility index (Phi) is 7.75. The quantitative estimate of drug-likeness (QED) is 0.128. The normalized spacial score (nSPS) is 29.2. The summed E-state index contributed by atoms with van der Waals surface area (Å²) in [5, 5.41) is 0. The molecule has 226 valence electrons. The number of nitrogens with two attached hydrogens (primary N) is 1. The molecule has 0 aliphatic carbocycles. The van der Waals surface area contributed by atoms with Crippen molar-refractivity contribution in [3.05, 3.63) is 35.7 Å². The lowest BCUT2D eigenvalue weighted by Gasteiger charge is -2.31. The van der Waals surface area contributed by atoms with E-state index in [2.05, 4.69) is 54.4 Å². The van der Waals surface area contributed by atoms with Crippen LogP contribution in [0, 0.1) is 0 Å². The molecule has 0 bridgehead atoms. The zero-order valence-corrected chi connectivity index (χ0v) is 25.2. The van der Waals surface area contributed by atoms with Crippen LogP contribution in [0.4, 0.5) is 5.82 Å². The number of thiol groups is 2. The number of nitrogen functional groups attached to an aromatic ring is 1. The van der Waals surface area contributed by atoms with E-state index in [1.165, 1.54) is 25.3 Å². The molecule has 0 saturated carbocycles. The third kappa shape index (κ3) is 5.88. The fourth-order valence-corrected chi connectivity index (χ4v) is 7.28. The first kappa shape index (κ1) is 29.7. The Labute approximate surface area is 246 Å². The highest BCUT2D eigenvalue weighted by molar-refractivity contribution is 8.44. The molecule has 6 heterocycles. The van der Waals surface area contributed by atoms with E-state index in [-0.39, 0.29) is 17.8 Å². The summed E-state index contributed by atoms with van der Waals surface area (Å²) in [6, 6.07) is 0. The molecule has 3 unspecified atom stereocenters. The van der Waals surface area contributed by atoms with Gasteiger partial charge in [-0.05, 0) is 13.3 Å². The monoisotopic (exact) mass is 661 g/mol. The maximum Gasteiger partial charge on any atom is 0.388 e. The molecule has 18 nitrogen and oxygen atoms in total. The standard InChI is InChI=1S/C20H25N9O9P2S2/c1-20(5-34-39(31,32)41)10(4-12(36-20)29-8-26-14-16(21)22-6-23-17(14)29)37-40(33,42)38-13-3-2-11(35-13)28-9-27-15-18(28)24-7-25-19(15)30/h6-13H,2-5H2,1H3,(H,33,42)(H2,21,22,23)(H,24,25,30)(H2,31,32,41)/t10-,11+,12+,13+,20?,40?/m0/s1. The van der Waals surface area contributed by atoms with Crippen molar-refractivity contribution in [3.63, 3.8) is 0 Å². The Hall–Kier alpha value is -2.38. The molecule has 2 saturated heterocycles. The fraction of sp³-hybridized carbons (Fsp3) is 0.500. The number of H-pyrrole nitrogens is 1. The van der Waals surface area contributed by atoms with Crippen LogP contribution in [0.5, 0.6) is 0 Å². The number of hydrogen-bond donors (Lipinski definition) is 5. The number of anilines is 1. The van der Waals surface area contributed by atoms with Crippen LogP contribution in [0.15, 0.2) is 30.1 Å². The first-order valence-corrected chi connectivity index (χ1v) is 17.8. The lowest BCUT2D eigenvalue weighted by atomic mass is 10.0. The molecule has 0 spiro atoms. The van der Waals surface area contributed by atoms with E-state index in [1.807, 2.05) is 0 Å². The van der Waals surface area contributed by atoms with Crippen molar-refractivity contribution in [3.8, 4) is 0 Å². The van der Waals surface area contributed by atoms with E-state index in [0.29, 0.717) is 29.7 Å². The Bertz CT molecular complexity index is 1800. The van der Waals surface area contributed by atoms with E-state index in [1.54, 1.807) is 16.1 Å². The van der Waals surface area contributed by atoms with Crippen molar-refractivity contribution in [2.45, 2.75) is 56.6 Å². The Morgan fingerprint density at radius 1 is 1.10 bits per heavy atom. The lowest BCUT2D eigenvalue weighted by Crippen LogP contribution is -2.41. The molecule has 0 aromatic carbocycles. The van der Waals surface area contributed by atoms with Gasteiger partial charge in [0.25, 0.3) is 5.56 Å². The van der Waals surface area contributed by atoms with Gasteiger partial charge in [-0.15, -0.1) is 0 Å². The molecule has 4 N–H and O–H groups in total. The molecule has 7 atom stereocenters. The second-order valence-corrected chi connectivity index (χ2v) is 15.4. The van der Waals surface area contributed by atoms with Crippen molar-refractivity contribution in [1.29, 1.82) is 0 Å². The van der Waals surface area contributed by atoms with Gasteiger partial charge in [0, 0.05) is 12.8 Å². The Morgan fingerprint density at radius 3 is 2.57 bits per heavy atom. The van der Waals surface area contributed by atoms with Crippen LogP contribution in [0.2, 0.25) is 0 Å². The van der Waals surface area contributed by atoms with Crippen LogP contribution in [-0.4, -0.2) is 68.5 Å². The van der Waals surface area contributed by atoms with Crippen LogP contribution in [0.25, 0.3) is 22.3 Å². The molecule has 4 aromatic heterocycles. The molecule has 22 heteroatoms. The van der Waals surface area contributed by atoms with Crippen molar-refractivity contribution in [1.82, 2.24) is 39.0 Å². The van der Waals surface area contributed by atoms with E-state index < -0.39 is 56.2 Å². The second kappa shape index (κ2) is 11.0. The van der Waals surface area contributed by atoms with Gasteiger partial charge in [0.1, 0.15) is 36.0 Å². The third-order valence-electron chi connectivity index (χ3n) is 6.86. The van der Waals surface area contributed by atoms with Gasteiger partial charge in [-0.25, -0.2) is 34.0 Å². The van der Waals surface area contributed by atoms with Crippen molar-refractivity contribution < 1.29 is 37.1 Å². The van der Waals surface area contributed by atoms with E-state index in [4.69, 9.17) is 28.8 Å². The highest BCUT2D eigenvalue weighted by Crippen LogP contribution is 2.60. The minimum Gasteiger partial charge on any atom is -0.382 e. The summed E-state index contributed by atoms with van der Waals surface area (Å²) in [5.41, 5.74) is 5.28. The van der Waals surface area contributed by atoms with E-state index in [9.17, 15) is 18.8 Å². The fourth-order valence-electron chi connectivity index (χ4n) is 4.89. The zero-order valence-electron chi connectivity index (χ0n) is 21.7. The highest BCUT2D eigenvalue weighted by atomic mass is 32.7. The van der Waals surface area contributed by atoms with Crippen LogP contribution in [0.1, 0.15) is 38.6 Å². The third-order valence-corrected chi connectivity index (χ3v) is 9.26. The summed E-state index contributed by atoms with van der Waals surface area (Å²) < 4.78 is 57.1. The number of ether oxygens (including phenoxy) is 2. The number of aromatic nitrogens is 8. The maximum absolute atomic E-state index is 13.5. The molecular weight excluding hydrogens is 636 g/mol. The SMILES string of the molecule is CC1(COP(=O)(O)S)O[C@@H](n2cnc3c(N)ncnc32)C[C@@H]1OP(=O)(S)O[C@@H]1CC[C@H](n2cnc3c(=O)[nH]cnc32)O1. The zero-order chi connectivity index (χ0) is 29.9. The van der Waals surface area contributed by atoms with Crippen LogP contribution < -0.4 is 11.3 Å². The Morgan fingerprint density at radius 2 is 1.81 bits per heavy atom. The van der Waals surface area contributed by atoms with Crippen LogP contribution in [0.3, 0.4) is 0 Å². The molecule has 0 amide bonds. The predicted molar refractivity (Wildman–Crippen MR) is 151 cm³/mol. The molecule has 0 radical (unpaired) electrons.